The van der Waals surface area contributed by atoms with E-state index in [-0.39, 0.29) is 5.75 Å². The summed E-state index contributed by atoms with van der Waals surface area (Å²) in [5.41, 5.74) is 2.69. The van der Waals surface area contributed by atoms with Gasteiger partial charge in [0.15, 0.2) is 0 Å². The lowest BCUT2D eigenvalue weighted by atomic mass is 10.0. The summed E-state index contributed by atoms with van der Waals surface area (Å²) in [6, 6.07) is 17.6. The van der Waals surface area contributed by atoms with Gasteiger partial charge in [-0.2, -0.15) is 0 Å². The molecular weight excluding hydrogens is 308 g/mol. The number of sulfonamides is 1. The minimum Gasteiger partial charge on any atom is -0.284 e. The van der Waals surface area contributed by atoms with Gasteiger partial charge in [-0.3, -0.25) is 9.71 Å². The molecule has 1 N–H and O–H groups in total. The predicted octanol–water partition coefficient (Wildman–Crippen LogP) is 3.59. The average Bonchev–Trinajstić information content (AvgIpc) is 2.57. The van der Waals surface area contributed by atoms with Gasteiger partial charge in [0.05, 0.1) is 11.4 Å². The normalized spacial score (nSPS) is 11.5. The molecule has 5 heteroatoms. The Labute approximate surface area is 136 Å². The van der Waals surface area contributed by atoms with Gasteiger partial charge in [-0.15, -0.1) is 0 Å². The van der Waals surface area contributed by atoms with Crippen LogP contribution in [-0.2, 0) is 16.4 Å². The molecule has 0 radical (unpaired) electrons. The number of hydrogen-bond donors (Lipinski definition) is 1. The molecule has 0 aliphatic heterocycles. The first-order valence-electron chi connectivity index (χ1n) is 7.49. The zero-order chi connectivity index (χ0) is 16.3. The third-order valence-electron chi connectivity index (χ3n) is 3.74. The van der Waals surface area contributed by atoms with Gasteiger partial charge >= 0.3 is 0 Å². The van der Waals surface area contributed by atoms with Gasteiger partial charge in [0.2, 0.25) is 10.0 Å². The molecule has 118 valence electrons. The van der Waals surface area contributed by atoms with Crippen molar-refractivity contribution in [3.8, 4) is 0 Å². The fraction of sp³-hybridized carbons (Fsp3) is 0.167. The number of anilines is 1. The molecule has 1 heterocycles. The number of hydrogen-bond acceptors (Lipinski definition) is 3. The second-order valence-electron chi connectivity index (χ2n) is 5.36. The van der Waals surface area contributed by atoms with E-state index in [2.05, 4.69) is 21.8 Å². The van der Waals surface area contributed by atoms with Crippen LogP contribution in [0.4, 0.5) is 5.69 Å². The van der Waals surface area contributed by atoms with E-state index < -0.39 is 10.0 Å². The molecule has 0 spiro atoms. The summed E-state index contributed by atoms with van der Waals surface area (Å²) in [6.45, 7) is 1.61. The first kappa shape index (κ1) is 15.5. The summed E-state index contributed by atoms with van der Waals surface area (Å²) < 4.78 is 25.7. The van der Waals surface area contributed by atoms with Crippen molar-refractivity contribution in [1.29, 1.82) is 0 Å². The monoisotopic (exact) mass is 326 g/mol. The molecule has 23 heavy (non-hydrogen) atoms. The van der Waals surface area contributed by atoms with Crippen LogP contribution < -0.4 is 4.72 Å². The summed E-state index contributed by atoms with van der Waals surface area (Å²) >= 11 is 0. The van der Waals surface area contributed by atoms with Crippen LogP contribution in [0.15, 0.2) is 60.8 Å². The van der Waals surface area contributed by atoms with Crippen LogP contribution in [0, 0.1) is 0 Å². The van der Waals surface area contributed by atoms with Crippen LogP contribution in [0.25, 0.3) is 10.8 Å². The van der Waals surface area contributed by atoms with Crippen LogP contribution >= 0.6 is 0 Å². The Kier molecular flexibility index (Phi) is 4.30. The molecule has 4 nitrogen and oxygen atoms in total. The molecule has 3 rings (SSSR count). The third kappa shape index (κ3) is 3.68. The van der Waals surface area contributed by atoms with Crippen LogP contribution in [0.2, 0.25) is 0 Å². The zero-order valence-electron chi connectivity index (χ0n) is 12.9. The molecule has 0 amide bonds. The number of rotatable bonds is 5. The van der Waals surface area contributed by atoms with Crippen molar-refractivity contribution in [2.24, 2.45) is 0 Å². The highest BCUT2D eigenvalue weighted by Gasteiger charge is 2.07. The molecule has 0 saturated carbocycles. The Hall–Kier alpha value is -2.40. The maximum Gasteiger partial charge on any atom is 0.232 e. The lowest BCUT2D eigenvalue weighted by Gasteiger charge is -2.08. The van der Waals surface area contributed by atoms with Crippen molar-refractivity contribution in [3.63, 3.8) is 0 Å². The molecule has 0 unspecified atom stereocenters. The number of pyridine rings is 1. The van der Waals surface area contributed by atoms with E-state index in [0.29, 0.717) is 12.1 Å². The second kappa shape index (κ2) is 6.38. The molecule has 0 fully saturated rings. The molecule has 1 aromatic heterocycles. The van der Waals surface area contributed by atoms with E-state index in [1.54, 1.807) is 19.1 Å². The highest BCUT2D eigenvalue weighted by Crippen LogP contribution is 2.20. The van der Waals surface area contributed by atoms with Crippen LogP contribution in [0.3, 0.4) is 0 Å². The van der Waals surface area contributed by atoms with Crippen molar-refractivity contribution < 1.29 is 8.42 Å². The molecule has 0 aliphatic carbocycles. The molecule has 0 atom stereocenters. The van der Waals surface area contributed by atoms with E-state index in [1.807, 2.05) is 36.5 Å². The van der Waals surface area contributed by atoms with E-state index in [4.69, 9.17) is 0 Å². The first-order chi connectivity index (χ1) is 11.1. The number of fused-ring (bicyclic) bond motifs is 1. The van der Waals surface area contributed by atoms with Gasteiger partial charge in [0.1, 0.15) is 0 Å². The summed E-state index contributed by atoms with van der Waals surface area (Å²) in [6.07, 6.45) is 2.53. The van der Waals surface area contributed by atoms with Crippen molar-refractivity contribution in [3.05, 3.63) is 72.1 Å². The van der Waals surface area contributed by atoms with Gasteiger partial charge < -0.3 is 0 Å². The number of nitrogens with one attached hydrogen (secondary N) is 1. The van der Waals surface area contributed by atoms with Gasteiger partial charge in [0.25, 0.3) is 0 Å². The lowest BCUT2D eigenvalue weighted by molar-refractivity contribution is 0.602. The zero-order valence-corrected chi connectivity index (χ0v) is 13.7. The minimum atomic E-state index is -3.24. The molecule has 0 saturated heterocycles. The van der Waals surface area contributed by atoms with Crippen molar-refractivity contribution in [1.82, 2.24) is 4.98 Å². The summed E-state index contributed by atoms with van der Waals surface area (Å²) in [5, 5.41) is 2.32. The van der Waals surface area contributed by atoms with Crippen LogP contribution in [0.1, 0.15) is 18.2 Å². The van der Waals surface area contributed by atoms with Gasteiger partial charge in [-0.25, -0.2) is 8.42 Å². The highest BCUT2D eigenvalue weighted by molar-refractivity contribution is 7.92. The summed E-state index contributed by atoms with van der Waals surface area (Å²) in [5.74, 6) is 0.0642. The molecule has 0 aliphatic rings. The smallest absolute Gasteiger partial charge is 0.232 e. The third-order valence-corrected chi connectivity index (χ3v) is 5.04. The molecule has 0 bridgehead atoms. The summed E-state index contributed by atoms with van der Waals surface area (Å²) in [4.78, 5) is 4.49. The van der Waals surface area contributed by atoms with E-state index in [0.717, 1.165) is 16.6 Å². The maximum atomic E-state index is 11.6. The quantitative estimate of drug-likeness (QED) is 0.779. The Balaban J connectivity index is 1.83. The Morgan fingerprint density at radius 2 is 1.74 bits per heavy atom. The fourth-order valence-corrected chi connectivity index (χ4v) is 3.10. The SMILES string of the molecule is CCS(=O)(=O)Nc1ccc(Cc2nccc3ccccc23)cc1. The van der Waals surface area contributed by atoms with Gasteiger partial charge in [-0.1, -0.05) is 36.4 Å². The second-order valence-corrected chi connectivity index (χ2v) is 7.37. The van der Waals surface area contributed by atoms with E-state index in [1.165, 1.54) is 5.39 Å². The Morgan fingerprint density at radius 3 is 2.48 bits per heavy atom. The summed E-state index contributed by atoms with van der Waals surface area (Å²) in [7, 11) is -3.24. The Bertz CT molecular complexity index is 914. The molecular formula is C18H18N2O2S. The largest absolute Gasteiger partial charge is 0.284 e. The number of benzene rings is 2. The topological polar surface area (TPSA) is 59.1 Å². The van der Waals surface area contributed by atoms with Crippen molar-refractivity contribution in [2.75, 3.05) is 10.5 Å². The standard InChI is InChI=1S/C18H18N2O2S/c1-2-23(21,22)20-16-9-7-14(8-10-16)13-18-17-6-4-3-5-15(17)11-12-19-18/h3-12,20H,2,13H2,1H3. The van der Waals surface area contributed by atoms with E-state index in [9.17, 15) is 8.42 Å². The van der Waals surface area contributed by atoms with E-state index >= 15 is 0 Å². The Morgan fingerprint density at radius 1 is 1.00 bits per heavy atom. The average molecular weight is 326 g/mol. The van der Waals surface area contributed by atoms with Crippen LogP contribution in [-0.4, -0.2) is 19.2 Å². The minimum absolute atomic E-state index is 0.0642. The first-order valence-corrected chi connectivity index (χ1v) is 9.15. The molecule has 2 aromatic carbocycles. The van der Waals surface area contributed by atoms with Gasteiger partial charge in [-0.05, 0) is 36.1 Å². The highest BCUT2D eigenvalue weighted by atomic mass is 32.2. The number of aromatic nitrogens is 1. The van der Waals surface area contributed by atoms with Crippen molar-refractivity contribution >= 4 is 26.5 Å². The predicted molar refractivity (Wildman–Crippen MR) is 94.1 cm³/mol. The molecule has 3 aromatic rings. The number of nitrogens with zero attached hydrogens (tertiary/aromatic N) is 1. The fourth-order valence-electron chi connectivity index (χ4n) is 2.46. The maximum absolute atomic E-state index is 11.6. The lowest BCUT2D eigenvalue weighted by Crippen LogP contribution is -2.14. The van der Waals surface area contributed by atoms with Crippen LogP contribution in [0.5, 0.6) is 0 Å². The van der Waals surface area contributed by atoms with Gasteiger partial charge in [0, 0.05) is 23.7 Å². The van der Waals surface area contributed by atoms with Crippen molar-refractivity contribution in [2.45, 2.75) is 13.3 Å².